The first-order valence-electron chi connectivity index (χ1n) is 7.68. The lowest BCUT2D eigenvalue weighted by molar-refractivity contribution is -0.146. The summed E-state index contributed by atoms with van der Waals surface area (Å²) >= 11 is 0. The van der Waals surface area contributed by atoms with E-state index in [0.717, 1.165) is 16.8 Å². The maximum atomic E-state index is 12.0. The molecule has 0 unspecified atom stereocenters. The lowest BCUT2D eigenvalue weighted by Crippen LogP contribution is -2.34. The number of hydrogen-bond acceptors (Lipinski definition) is 5. The number of nitrogens with zero attached hydrogens (tertiary/aromatic N) is 1. The first-order chi connectivity index (χ1) is 11.7. The average molecular weight is 322 g/mol. The normalized spacial score (nSPS) is 11.9. The smallest absolute Gasteiger partial charge is 0.323 e. The minimum atomic E-state index is -0.809. The van der Waals surface area contributed by atoms with Crippen LogP contribution in [-0.4, -0.2) is 17.0 Å². The van der Waals surface area contributed by atoms with Crippen molar-refractivity contribution in [1.29, 1.82) is 0 Å². The molecule has 5 nitrogen and oxygen atoms in total. The van der Waals surface area contributed by atoms with Crippen molar-refractivity contribution in [2.75, 3.05) is 0 Å². The Morgan fingerprint density at radius 2 is 1.75 bits per heavy atom. The topological polar surface area (TPSA) is 78.4 Å². The van der Waals surface area contributed by atoms with Crippen LogP contribution in [0.3, 0.4) is 0 Å². The number of carbonyl (C=O) groups is 1. The van der Waals surface area contributed by atoms with Gasteiger partial charge in [0.2, 0.25) is 0 Å². The molecule has 0 saturated heterocycles. The molecule has 5 heteroatoms. The molecular weight excluding hydrogens is 304 g/mol. The molecule has 0 radical (unpaired) electrons. The number of nitrogens with two attached hydrogens (primary N) is 1. The number of oxazole rings is 1. The van der Waals surface area contributed by atoms with E-state index < -0.39 is 12.0 Å². The summed E-state index contributed by atoms with van der Waals surface area (Å²) in [5, 5.41) is 0. The van der Waals surface area contributed by atoms with Crippen LogP contribution in [-0.2, 0) is 22.6 Å². The molecule has 0 aliphatic heterocycles. The molecule has 122 valence electrons. The van der Waals surface area contributed by atoms with Crippen molar-refractivity contribution in [2.24, 2.45) is 5.73 Å². The Morgan fingerprint density at radius 1 is 1.08 bits per heavy atom. The highest BCUT2D eigenvalue weighted by atomic mass is 16.5. The van der Waals surface area contributed by atoms with Crippen molar-refractivity contribution < 1.29 is 13.9 Å². The molecule has 24 heavy (non-hydrogen) atoms. The molecule has 0 aliphatic carbocycles. The zero-order chi connectivity index (χ0) is 16.8. The van der Waals surface area contributed by atoms with Crippen molar-refractivity contribution >= 4 is 5.97 Å². The van der Waals surface area contributed by atoms with Crippen LogP contribution in [0.4, 0.5) is 0 Å². The molecule has 1 aromatic heterocycles. The predicted molar refractivity (Wildman–Crippen MR) is 89.9 cm³/mol. The number of carbonyl (C=O) groups excluding carboxylic acids is 1. The van der Waals surface area contributed by atoms with Gasteiger partial charge in [-0.1, -0.05) is 60.7 Å². The van der Waals surface area contributed by atoms with Crippen LogP contribution < -0.4 is 5.73 Å². The molecule has 2 N–H and O–H groups in total. The number of benzene rings is 2. The third kappa shape index (κ3) is 4.08. The van der Waals surface area contributed by atoms with E-state index in [0.29, 0.717) is 5.89 Å². The number of ether oxygens (including phenoxy) is 1. The molecule has 0 aliphatic rings. The molecule has 3 aromatic rings. The van der Waals surface area contributed by atoms with Gasteiger partial charge in [-0.25, -0.2) is 4.98 Å². The number of rotatable bonds is 6. The molecule has 0 amide bonds. The van der Waals surface area contributed by atoms with E-state index in [1.165, 1.54) is 0 Å². The number of hydrogen-bond donors (Lipinski definition) is 1. The summed E-state index contributed by atoms with van der Waals surface area (Å²) in [6.07, 6.45) is 1.76. The van der Waals surface area contributed by atoms with E-state index in [2.05, 4.69) is 4.98 Å². The Kier molecular flexibility index (Phi) is 5.03. The van der Waals surface area contributed by atoms with Gasteiger partial charge < -0.3 is 14.9 Å². The highest BCUT2D eigenvalue weighted by Gasteiger charge is 2.19. The Labute approximate surface area is 140 Å². The zero-order valence-corrected chi connectivity index (χ0v) is 13.1. The van der Waals surface area contributed by atoms with Gasteiger partial charge in [0.05, 0.1) is 6.42 Å². The summed E-state index contributed by atoms with van der Waals surface area (Å²) in [5.41, 5.74) is 8.47. The van der Waals surface area contributed by atoms with Gasteiger partial charge in [-0.2, -0.15) is 0 Å². The molecule has 0 fully saturated rings. The fourth-order valence-electron chi connectivity index (χ4n) is 2.25. The van der Waals surface area contributed by atoms with Gasteiger partial charge in [-0.3, -0.25) is 4.79 Å². The van der Waals surface area contributed by atoms with Crippen molar-refractivity contribution in [3.63, 3.8) is 0 Å². The van der Waals surface area contributed by atoms with Crippen LogP contribution in [0.2, 0.25) is 0 Å². The molecular formula is C19H18N2O3. The summed E-state index contributed by atoms with van der Waals surface area (Å²) in [7, 11) is 0. The quantitative estimate of drug-likeness (QED) is 0.706. The van der Waals surface area contributed by atoms with E-state index >= 15 is 0 Å². The maximum absolute atomic E-state index is 12.0. The van der Waals surface area contributed by atoms with Crippen molar-refractivity contribution in [1.82, 2.24) is 4.98 Å². The van der Waals surface area contributed by atoms with Crippen LogP contribution in [0.5, 0.6) is 0 Å². The molecule has 1 atom stereocenters. The number of aromatic nitrogens is 1. The molecule has 0 saturated carbocycles. The van der Waals surface area contributed by atoms with E-state index in [-0.39, 0.29) is 13.0 Å². The number of esters is 1. The Morgan fingerprint density at radius 3 is 2.46 bits per heavy atom. The van der Waals surface area contributed by atoms with Crippen LogP contribution in [0, 0.1) is 0 Å². The molecule has 2 aromatic carbocycles. The van der Waals surface area contributed by atoms with Crippen molar-refractivity contribution in [2.45, 2.75) is 19.1 Å². The first kappa shape index (κ1) is 16.0. The third-order valence-electron chi connectivity index (χ3n) is 3.54. The summed E-state index contributed by atoms with van der Waals surface area (Å²) < 4.78 is 10.6. The second-order valence-corrected chi connectivity index (χ2v) is 5.40. The van der Waals surface area contributed by atoms with Gasteiger partial charge in [-0.05, 0) is 5.56 Å². The van der Waals surface area contributed by atoms with Crippen molar-refractivity contribution in [3.8, 4) is 11.3 Å². The van der Waals surface area contributed by atoms with E-state index in [4.69, 9.17) is 14.9 Å². The van der Waals surface area contributed by atoms with Gasteiger partial charge in [0.15, 0.2) is 5.89 Å². The summed E-state index contributed by atoms with van der Waals surface area (Å²) in [5.74, 6) is -0.0590. The summed E-state index contributed by atoms with van der Waals surface area (Å²) in [6, 6.07) is 18.3. The summed E-state index contributed by atoms with van der Waals surface area (Å²) in [4.78, 5) is 16.3. The second kappa shape index (κ2) is 7.57. The standard InChI is InChI=1S/C19H18N2O3/c20-16(19(22)24-12-14-7-3-1-4-8-14)11-18-21-17(13-23-18)15-9-5-2-6-10-15/h1-10,13,16H,11-12,20H2/t16-/m0/s1. The maximum Gasteiger partial charge on any atom is 0.323 e. The Hall–Kier alpha value is -2.92. The SMILES string of the molecule is N[C@@H](Cc1nc(-c2ccccc2)co1)C(=O)OCc1ccccc1. The second-order valence-electron chi connectivity index (χ2n) is 5.40. The molecule has 0 spiro atoms. The molecule has 0 bridgehead atoms. The van der Waals surface area contributed by atoms with E-state index in [1.807, 2.05) is 60.7 Å². The molecule has 3 rings (SSSR count). The largest absolute Gasteiger partial charge is 0.460 e. The van der Waals surface area contributed by atoms with Gasteiger partial charge in [0.1, 0.15) is 24.6 Å². The van der Waals surface area contributed by atoms with Crippen LogP contribution in [0.25, 0.3) is 11.3 Å². The fraction of sp³-hybridized carbons (Fsp3) is 0.158. The van der Waals surface area contributed by atoms with E-state index in [9.17, 15) is 4.79 Å². The predicted octanol–water partition coefficient (Wildman–Crippen LogP) is 2.95. The van der Waals surface area contributed by atoms with Crippen LogP contribution >= 0.6 is 0 Å². The van der Waals surface area contributed by atoms with Crippen LogP contribution in [0.15, 0.2) is 71.3 Å². The Balaban J connectivity index is 1.55. The van der Waals surface area contributed by atoms with Gasteiger partial charge in [-0.15, -0.1) is 0 Å². The fourth-order valence-corrected chi connectivity index (χ4v) is 2.25. The van der Waals surface area contributed by atoms with E-state index in [1.54, 1.807) is 6.26 Å². The first-order valence-corrected chi connectivity index (χ1v) is 7.68. The minimum Gasteiger partial charge on any atom is -0.460 e. The summed E-state index contributed by atoms with van der Waals surface area (Å²) in [6.45, 7) is 0.203. The van der Waals surface area contributed by atoms with Gasteiger partial charge in [0, 0.05) is 5.56 Å². The monoisotopic (exact) mass is 322 g/mol. The Bertz CT molecular complexity index is 785. The van der Waals surface area contributed by atoms with Gasteiger partial charge in [0.25, 0.3) is 0 Å². The minimum absolute atomic E-state index is 0.195. The average Bonchev–Trinajstić information content (AvgIpc) is 3.10. The lowest BCUT2D eigenvalue weighted by atomic mass is 10.2. The third-order valence-corrected chi connectivity index (χ3v) is 3.54. The van der Waals surface area contributed by atoms with Crippen molar-refractivity contribution in [3.05, 3.63) is 78.4 Å². The lowest BCUT2D eigenvalue weighted by Gasteiger charge is -2.09. The molecule has 1 heterocycles. The van der Waals surface area contributed by atoms with Crippen LogP contribution in [0.1, 0.15) is 11.5 Å². The van der Waals surface area contributed by atoms with Gasteiger partial charge >= 0.3 is 5.97 Å². The highest BCUT2D eigenvalue weighted by molar-refractivity contribution is 5.75. The highest BCUT2D eigenvalue weighted by Crippen LogP contribution is 2.18. The zero-order valence-electron chi connectivity index (χ0n) is 13.1.